The van der Waals surface area contributed by atoms with E-state index in [0.29, 0.717) is 6.61 Å². The van der Waals surface area contributed by atoms with E-state index in [1.165, 1.54) is 16.7 Å². The molecule has 0 atom stereocenters. The topological polar surface area (TPSA) is 9.23 Å². The molecular weight excluding hydrogens is 344 g/mol. The quantitative estimate of drug-likeness (QED) is 0.670. The fraction of sp³-hybridized carbons (Fsp3) is 0.571. The zero-order valence-electron chi connectivity index (χ0n) is 10.9. The highest BCUT2D eigenvalue weighted by atomic mass is 79.9. The summed E-state index contributed by atoms with van der Waals surface area (Å²) in [4.78, 5) is 0. The number of rotatable bonds is 4. The van der Waals surface area contributed by atoms with Crippen LogP contribution in [0.4, 0.5) is 0 Å². The molecule has 0 fully saturated rings. The Kier molecular flexibility index (Phi) is 5.52. The van der Waals surface area contributed by atoms with E-state index in [0.717, 1.165) is 16.4 Å². The van der Waals surface area contributed by atoms with Gasteiger partial charge in [0.25, 0.3) is 0 Å². The lowest BCUT2D eigenvalue weighted by Gasteiger charge is -2.23. The van der Waals surface area contributed by atoms with Crippen LogP contribution in [0, 0.1) is 0 Å². The minimum Gasteiger partial charge on any atom is -0.493 e. The molecule has 1 rings (SSSR count). The summed E-state index contributed by atoms with van der Waals surface area (Å²) >= 11 is 7.09. The van der Waals surface area contributed by atoms with Crippen LogP contribution in [0.3, 0.4) is 0 Å². The maximum atomic E-state index is 5.76. The molecule has 0 N–H and O–H groups in total. The molecule has 1 aromatic carbocycles. The number of hydrogen-bond acceptors (Lipinski definition) is 1. The van der Waals surface area contributed by atoms with Gasteiger partial charge in [-0.05, 0) is 17.9 Å². The minimum absolute atomic E-state index is 0.165. The largest absolute Gasteiger partial charge is 0.493 e. The highest BCUT2D eigenvalue weighted by molar-refractivity contribution is 9.08. The SMILES string of the molecule is CCOc1c(CBr)cc(C(C)(C)C)cc1CBr. The Morgan fingerprint density at radius 2 is 1.53 bits per heavy atom. The normalized spacial score (nSPS) is 11.6. The Hall–Kier alpha value is -0.0200. The van der Waals surface area contributed by atoms with Gasteiger partial charge in [-0.25, -0.2) is 0 Å². The third-order valence-electron chi connectivity index (χ3n) is 2.69. The van der Waals surface area contributed by atoms with Crippen LogP contribution in [-0.4, -0.2) is 6.61 Å². The highest BCUT2D eigenvalue weighted by Crippen LogP contribution is 2.34. The molecule has 0 aliphatic carbocycles. The van der Waals surface area contributed by atoms with Crippen LogP contribution < -0.4 is 4.74 Å². The Balaban J connectivity index is 3.33. The molecule has 0 aromatic heterocycles. The molecular formula is C14H20Br2O. The van der Waals surface area contributed by atoms with Crippen LogP contribution in [0.1, 0.15) is 44.4 Å². The van der Waals surface area contributed by atoms with E-state index in [2.05, 4.69) is 64.8 Å². The van der Waals surface area contributed by atoms with Crippen molar-refractivity contribution in [3.63, 3.8) is 0 Å². The molecule has 0 radical (unpaired) electrons. The Morgan fingerprint density at radius 1 is 1.06 bits per heavy atom. The second-order valence-electron chi connectivity index (χ2n) is 5.07. The Bertz CT molecular complexity index is 355. The molecule has 17 heavy (non-hydrogen) atoms. The van der Waals surface area contributed by atoms with Crippen molar-refractivity contribution in [2.24, 2.45) is 0 Å². The molecule has 0 heterocycles. The zero-order valence-corrected chi connectivity index (χ0v) is 14.1. The van der Waals surface area contributed by atoms with Crippen molar-refractivity contribution in [3.8, 4) is 5.75 Å². The number of halogens is 2. The van der Waals surface area contributed by atoms with Gasteiger partial charge in [-0.2, -0.15) is 0 Å². The van der Waals surface area contributed by atoms with Crippen LogP contribution in [-0.2, 0) is 16.1 Å². The Morgan fingerprint density at radius 3 is 1.82 bits per heavy atom. The molecule has 0 saturated carbocycles. The summed E-state index contributed by atoms with van der Waals surface area (Å²) in [5.74, 6) is 1.02. The summed E-state index contributed by atoms with van der Waals surface area (Å²) in [6, 6.07) is 4.48. The molecule has 3 heteroatoms. The molecule has 96 valence electrons. The van der Waals surface area contributed by atoms with Crippen molar-refractivity contribution < 1.29 is 4.74 Å². The van der Waals surface area contributed by atoms with Crippen molar-refractivity contribution in [3.05, 3.63) is 28.8 Å². The third-order valence-corrected chi connectivity index (χ3v) is 3.89. The van der Waals surface area contributed by atoms with Crippen LogP contribution in [0.15, 0.2) is 12.1 Å². The summed E-state index contributed by atoms with van der Waals surface area (Å²) < 4.78 is 5.76. The molecule has 0 aliphatic rings. The first-order valence-corrected chi connectivity index (χ1v) is 8.09. The molecule has 1 aromatic rings. The van der Waals surface area contributed by atoms with Crippen LogP contribution in [0.2, 0.25) is 0 Å². The van der Waals surface area contributed by atoms with Crippen LogP contribution in [0.25, 0.3) is 0 Å². The van der Waals surface area contributed by atoms with Crippen molar-refractivity contribution in [2.45, 2.75) is 43.8 Å². The Labute approximate surface area is 121 Å². The van der Waals surface area contributed by atoms with Gasteiger partial charge in [0, 0.05) is 21.8 Å². The fourth-order valence-electron chi connectivity index (χ4n) is 1.72. The lowest BCUT2D eigenvalue weighted by Crippen LogP contribution is -2.13. The standard InChI is InChI=1S/C14H20Br2O/c1-5-17-13-10(8-15)6-12(14(2,3)4)7-11(13)9-16/h6-7H,5,8-9H2,1-4H3. The summed E-state index contributed by atoms with van der Waals surface area (Å²) in [6.07, 6.45) is 0. The third kappa shape index (κ3) is 3.72. The maximum absolute atomic E-state index is 5.76. The second-order valence-corrected chi connectivity index (χ2v) is 6.20. The first-order valence-electron chi connectivity index (χ1n) is 5.85. The van der Waals surface area contributed by atoms with E-state index in [1.54, 1.807) is 0 Å². The van der Waals surface area contributed by atoms with Gasteiger partial charge >= 0.3 is 0 Å². The predicted molar refractivity (Wildman–Crippen MR) is 81.6 cm³/mol. The van der Waals surface area contributed by atoms with Crippen molar-refractivity contribution >= 4 is 31.9 Å². The lowest BCUT2D eigenvalue weighted by molar-refractivity contribution is 0.335. The van der Waals surface area contributed by atoms with E-state index >= 15 is 0 Å². The van der Waals surface area contributed by atoms with E-state index in [1.807, 2.05) is 6.92 Å². The summed E-state index contributed by atoms with van der Waals surface area (Å²) in [5, 5.41) is 1.65. The van der Waals surface area contributed by atoms with Gasteiger partial charge in [0.2, 0.25) is 0 Å². The monoisotopic (exact) mass is 362 g/mol. The smallest absolute Gasteiger partial charge is 0.127 e. The number of alkyl halides is 2. The van der Waals surface area contributed by atoms with Gasteiger partial charge in [-0.3, -0.25) is 0 Å². The molecule has 0 bridgehead atoms. The molecule has 0 spiro atoms. The number of ether oxygens (including phenoxy) is 1. The lowest BCUT2D eigenvalue weighted by atomic mass is 9.85. The fourth-order valence-corrected chi connectivity index (χ4v) is 2.55. The van der Waals surface area contributed by atoms with Gasteiger partial charge in [-0.15, -0.1) is 0 Å². The van der Waals surface area contributed by atoms with Crippen molar-refractivity contribution in [1.82, 2.24) is 0 Å². The van der Waals surface area contributed by atoms with Crippen molar-refractivity contribution in [1.29, 1.82) is 0 Å². The second kappa shape index (κ2) is 6.24. The van der Waals surface area contributed by atoms with Gasteiger partial charge < -0.3 is 4.74 Å². The average molecular weight is 364 g/mol. The van der Waals surface area contributed by atoms with Gasteiger partial charge in [0.1, 0.15) is 5.75 Å². The van der Waals surface area contributed by atoms with Crippen molar-refractivity contribution in [2.75, 3.05) is 6.61 Å². The van der Waals surface area contributed by atoms with Crippen LogP contribution in [0.5, 0.6) is 5.75 Å². The van der Waals surface area contributed by atoms with Gasteiger partial charge in [0.15, 0.2) is 0 Å². The summed E-state index contributed by atoms with van der Waals surface area (Å²) in [7, 11) is 0. The molecule has 0 aliphatic heterocycles. The average Bonchev–Trinajstić information content (AvgIpc) is 2.28. The van der Waals surface area contributed by atoms with E-state index in [9.17, 15) is 0 Å². The molecule has 0 unspecified atom stereocenters. The highest BCUT2D eigenvalue weighted by Gasteiger charge is 2.18. The first kappa shape index (κ1) is 15.0. The maximum Gasteiger partial charge on any atom is 0.127 e. The molecule has 0 amide bonds. The first-order chi connectivity index (χ1) is 7.93. The van der Waals surface area contributed by atoms with Crippen LogP contribution >= 0.6 is 31.9 Å². The zero-order chi connectivity index (χ0) is 13.1. The van der Waals surface area contributed by atoms with Gasteiger partial charge in [0.05, 0.1) is 6.61 Å². The van der Waals surface area contributed by atoms with E-state index in [4.69, 9.17) is 4.74 Å². The molecule has 0 saturated heterocycles. The number of hydrogen-bond donors (Lipinski definition) is 0. The van der Waals surface area contributed by atoms with Gasteiger partial charge in [-0.1, -0.05) is 64.8 Å². The molecule has 1 nitrogen and oxygen atoms in total. The summed E-state index contributed by atoms with van der Waals surface area (Å²) in [5.41, 5.74) is 3.98. The number of benzene rings is 1. The summed E-state index contributed by atoms with van der Waals surface area (Å²) in [6.45, 7) is 9.43. The van der Waals surface area contributed by atoms with E-state index in [-0.39, 0.29) is 5.41 Å². The predicted octanol–water partition coefficient (Wildman–Crippen LogP) is 5.17. The minimum atomic E-state index is 0.165. The van der Waals surface area contributed by atoms with E-state index < -0.39 is 0 Å².